The van der Waals surface area contributed by atoms with Gasteiger partial charge in [-0.05, 0) is 37.5 Å². The first-order valence-corrected chi connectivity index (χ1v) is 6.48. The maximum absolute atomic E-state index is 9.69. The van der Waals surface area contributed by atoms with Gasteiger partial charge in [0.2, 0.25) is 0 Å². The van der Waals surface area contributed by atoms with Crippen LogP contribution in [0.25, 0.3) is 5.69 Å². The number of rotatable bonds is 4. The Hall–Kier alpha value is -1.68. The van der Waals surface area contributed by atoms with Crippen molar-refractivity contribution in [1.82, 2.24) is 14.8 Å². The Morgan fingerprint density at radius 3 is 2.83 bits per heavy atom. The number of aliphatic hydroxyl groups excluding tert-OH is 1. The maximum atomic E-state index is 9.69. The summed E-state index contributed by atoms with van der Waals surface area (Å²) in [5.74, 6) is 0.667. The van der Waals surface area contributed by atoms with Gasteiger partial charge in [-0.3, -0.25) is 4.98 Å². The predicted octanol–water partition coefficient (Wildman–Crippen LogP) is 2.59. The van der Waals surface area contributed by atoms with Gasteiger partial charge >= 0.3 is 0 Å². The minimum atomic E-state index is -0.473. The number of aromatic nitrogens is 3. The van der Waals surface area contributed by atoms with Crippen molar-refractivity contribution in [2.45, 2.75) is 38.2 Å². The van der Waals surface area contributed by atoms with Crippen LogP contribution in [0.1, 0.15) is 49.6 Å². The van der Waals surface area contributed by atoms with Gasteiger partial charge in [0.15, 0.2) is 0 Å². The molecule has 1 unspecified atom stereocenters. The molecule has 0 radical (unpaired) electrons. The van der Waals surface area contributed by atoms with Gasteiger partial charge in [-0.15, -0.1) is 0 Å². The van der Waals surface area contributed by atoms with Crippen LogP contribution in [0.5, 0.6) is 0 Å². The van der Waals surface area contributed by atoms with Crippen LogP contribution in [0.2, 0.25) is 0 Å². The van der Waals surface area contributed by atoms with Crippen molar-refractivity contribution >= 4 is 0 Å². The Morgan fingerprint density at radius 1 is 1.39 bits per heavy atom. The van der Waals surface area contributed by atoms with Crippen molar-refractivity contribution in [3.63, 3.8) is 0 Å². The SMILES string of the molecule is CCC(O)c1ccc(-n2ccc(C3CC3)n2)cn1. The normalized spacial score (nSPS) is 16.8. The van der Waals surface area contributed by atoms with Crippen LogP contribution in [0, 0.1) is 0 Å². The molecule has 2 aromatic heterocycles. The number of aliphatic hydroxyl groups is 1. The first-order valence-electron chi connectivity index (χ1n) is 6.48. The molecule has 4 nitrogen and oxygen atoms in total. The summed E-state index contributed by atoms with van der Waals surface area (Å²) in [6.45, 7) is 1.94. The molecule has 1 atom stereocenters. The highest BCUT2D eigenvalue weighted by molar-refractivity contribution is 5.30. The molecule has 0 aliphatic heterocycles. The number of hydrogen-bond donors (Lipinski definition) is 1. The number of hydrogen-bond acceptors (Lipinski definition) is 3. The van der Waals surface area contributed by atoms with E-state index < -0.39 is 6.10 Å². The van der Waals surface area contributed by atoms with Gasteiger partial charge < -0.3 is 5.11 Å². The van der Waals surface area contributed by atoms with E-state index in [4.69, 9.17) is 0 Å². The quantitative estimate of drug-likeness (QED) is 0.898. The van der Waals surface area contributed by atoms with Crippen molar-refractivity contribution in [1.29, 1.82) is 0 Å². The fourth-order valence-electron chi connectivity index (χ4n) is 2.02. The Morgan fingerprint density at radius 2 is 2.22 bits per heavy atom. The zero-order valence-corrected chi connectivity index (χ0v) is 10.5. The van der Waals surface area contributed by atoms with Crippen molar-refractivity contribution in [2.75, 3.05) is 0 Å². The molecule has 18 heavy (non-hydrogen) atoms. The zero-order chi connectivity index (χ0) is 12.5. The Kier molecular flexibility index (Phi) is 2.88. The summed E-state index contributed by atoms with van der Waals surface area (Å²) in [5.41, 5.74) is 2.83. The minimum absolute atomic E-state index is 0.473. The third kappa shape index (κ3) is 2.16. The summed E-state index contributed by atoms with van der Waals surface area (Å²) in [7, 11) is 0. The van der Waals surface area contributed by atoms with E-state index in [2.05, 4.69) is 16.1 Å². The second-order valence-electron chi connectivity index (χ2n) is 4.82. The third-order valence-electron chi connectivity index (χ3n) is 3.37. The van der Waals surface area contributed by atoms with Gasteiger partial charge in [-0.2, -0.15) is 5.10 Å². The fraction of sp³-hybridized carbons (Fsp3) is 0.429. The standard InChI is InChI=1S/C14H17N3O/c1-2-14(18)13-6-5-11(9-15-13)17-8-7-12(16-17)10-3-4-10/h5-10,14,18H,2-4H2,1H3. The molecular weight excluding hydrogens is 226 g/mol. The molecule has 1 fully saturated rings. The summed E-state index contributed by atoms with van der Waals surface area (Å²) in [6.07, 6.45) is 6.46. The largest absolute Gasteiger partial charge is 0.387 e. The van der Waals surface area contributed by atoms with Gasteiger partial charge in [-0.1, -0.05) is 6.92 Å². The molecule has 1 N–H and O–H groups in total. The van der Waals surface area contributed by atoms with Gasteiger partial charge in [0.05, 0.1) is 29.4 Å². The molecule has 1 aliphatic carbocycles. The van der Waals surface area contributed by atoms with Crippen LogP contribution >= 0.6 is 0 Å². The van der Waals surface area contributed by atoms with E-state index in [0.717, 1.165) is 11.4 Å². The maximum Gasteiger partial charge on any atom is 0.0957 e. The molecule has 3 rings (SSSR count). The lowest BCUT2D eigenvalue weighted by atomic mass is 10.2. The third-order valence-corrected chi connectivity index (χ3v) is 3.37. The molecule has 0 saturated heterocycles. The lowest BCUT2D eigenvalue weighted by Gasteiger charge is -2.07. The topological polar surface area (TPSA) is 50.9 Å². The highest BCUT2D eigenvalue weighted by Gasteiger charge is 2.25. The van der Waals surface area contributed by atoms with Gasteiger partial charge in [-0.25, -0.2) is 4.68 Å². The van der Waals surface area contributed by atoms with E-state index in [9.17, 15) is 5.11 Å². The van der Waals surface area contributed by atoms with Gasteiger partial charge in [0, 0.05) is 12.1 Å². The van der Waals surface area contributed by atoms with Crippen LogP contribution in [-0.4, -0.2) is 19.9 Å². The first kappa shape index (κ1) is 11.4. The van der Waals surface area contributed by atoms with Crippen molar-refractivity contribution in [2.24, 2.45) is 0 Å². The van der Waals surface area contributed by atoms with Crippen LogP contribution < -0.4 is 0 Å². The molecule has 4 heteroatoms. The number of nitrogens with zero attached hydrogens (tertiary/aromatic N) is 3. The fourth-order valence-corrected chi connectivity index (χ4v) is 2.02. The van der Waals surface area contributed by atoms with Crippen LogP contribution in [0.4, 0.5) is 0 Å². The second kappa shape index (κ2) is 4.53. The highest BCUT2D eigenvalue weighted by atomic mass is 16.3. The lowest BCUT2D eigenvalue weighted by molar-refractivity contribution is 0.169. The summed E-state index contributed by atoms with van der Waals surface area (Å²) >= 11 is 0. The molecule has 0 amide bonds. The lowest BCUT2D eigenvalue weighted by Crippen LogP contribution is -2.01. The molecule has 0 spiro atoms. The summed E-state index contributed by atoms with van der Waals surface area (Å²) in [6, 6.07) is 5.89. The summed E-state index contributed by atoms with van der Waals surface area (Å²) in [5, 5.41) is 14.2. The van der Waals surface area contributed by atoms with Crippen LogP contribution in [0.3, 0.4) is 0 Å². The van der Waals surface area contributed by atoms with E-state index in [-0.39, 0.29) is 0 Å². The van der Waals surface area contributed by atoms with Crippen molar-refractivity contribution < 1.29 is 5.11 Å². The van der Waals surface area contributed by atoms with Crippen LogP contribution in [0.15, 0.2) is 30.6 Å². The average Bonchev–Trinajstić information content (AvgIpc) is 3.16. The predicted molar refractivity (Wildman–Crippen MR) is 68.6 cm³/mol. The molecule has 94 valence electrons. The van der Waals surface area contributed by atoms with Gasteiger partial charge in [0.1, 0.15) is 0 Å². The second-order valence-corrected chi connectivity index (χ2v) is 4.82. The van der Waals surface area contributed by atoms with E-state index in [1.165, 1.54) is 18.5 Å². The molecule has 0 bridgehead atoms. The first-order chi connectivity index (χ1) is 8.78. The molecule has 2 heterocycles. The molecule has 1 saturated carbocycles. The average molecular weight is 243 g/mol. The Labute approximate surface area is 106 Å². The molecule has 1 aliphatic rings. The molecule has 0 aromatic carbocycles. The van der Waals surface area contributed by atoms with Crippen molar-refractivity contribution in [3.05, 3.63) is 42.0 Å². The van der Waals surface area contributed by atoms with Crippen LogP contribution in [-0.2, 0) is 0 Å². The molecule has 2 aromatic rings. The monoisotopic (exact) mass is 243 g/mol. The van der Waals surface area contributed by atoms with E-state index in [1.807, 2.05) is 29.9 Å². The van der Waals surface area contributed by atoms with Gasteiger partial charge in [0.25, 0.3) is 0 Å². The van der Waals surface area contributed by atoms with Crippen molar-refractivity contribution in [3.8, 4) is 5.69 Å². The van der Waals surface area contributed by atoms with E-state index >= 15 is 0 Å². The number of pyridine rings is 1. The Bertz CT molecular complexity index is 528. The zero-order valence-electron chi connectivity index (χ0n) is 10.5. The van der Waals surface area contributed by atoms with E-state index in [1.54, 1.807) is 6.20 Å². The minimum Gasteiger partial charge on any atom is -0.387 e. The van der Waals surface area contributed by atoms with E-state index in [0.29, 0.717) is 12.3 Å². The molecular formula is C14H17N3O. The summed E-state index contributed by atoms with van der Waals surface area (Å²) < 4.78 is 1.85. The Balaban J connectivity index is 1.82. The summed E-state index contributed by atoms with van der Waals surface area (Å²) in [4.78, 5) is 4.28. The highest BCUT2D eigenvalue weighted by Crippen LogP contribution is 2.39. The smallest absolute Gasteiger partial charge is 0.0957 e.